The topological polar surface area (TPSA) is 24.5 Å². The molecule has 0 bridgehead atoms. The molecule has 2 aliphatic rings. The summed E-state index contributed by atoms with van der Waals surface area (Å²) in [5.74, 6) is 2.35. The van der Waals surface area contributed by atoms with E-state index >= 15 is 0 Å². The van der Waals surface area contributed by atoms with Crippen molar-refractivity contribution in [2.24, 2.45) is 11.8 Å². The summed E-state index contributed by atoms with van der Waals surface area (Å²) >= 11 is 6.01. The molecule has 1 saturated heterocycles. The summed E-state index contributed by atoms with van der Waals surface area (Å²) in [5.41, 5.74) is 0. The first-order valence-corrected chi connectivity index (χ1v) is 7.97. The summed E-state index contributed by atoms with van der Waals surface area (Å²) in [4.78, 5) is 2.47. The minimum atomic E-state index is 0.370. The molecule has 106 valence electrons. The van der Waals surface area contributed by atoms with Crippen LogP contribution in [0.3, 0.4) is 0 Å². The lowest BCUT2D eigenvalue weighted by Crippen LogP contribution is -2.47. The van der Waals surface area contributed by atoms with Crippen molar-refractivity contribution in [3.05, 3.63) is 0 Å². The highest BCUT2D eigenvalue weighted by atomic mass is 35.5. The number of hydrogen-bond donors (Lipinski definition) is 1. The first-order valence-electron chi connectivity index (χ1n) is 7.44. The van der Waals surface area contributed by atoms with E-state index < -0.39 is 0 Å². The van der Waals surface area contributed by atoms with Gasteiger partial charge in [-0.15, -0.1) is 11.6 Å². The lowest BCUT2D eigenvalue weighted by Gasteiger charge is -2.32. The van der Waals surface area contributed by atoms with Gasteiger partial charge < -0.3 is 10.1 Å². The van der Waals surface area contributed by atoms with Gasteiger partial charge in [0.25, 0.3) is 0 Å². The van der Waals surface area contributed by atoms with Gasteiger partial charge in [-0.05, 0) is 37.8 Å². The van der Waals surface area contributed by atoms with Crippen molar-refractivity contribution >= 4 is 11.6 Å². The molecular weight excluding hydrogens is 248 g/mol. The van der Waals surface area contributed by atoms with Crippen LogP contribution in [0.5, 0.6) is 0 Å². The fourth-order valence-corrected chi connectivity index (χ4v) is 3.61. The highest BCUT2D eigenvalue weighted by molar-refractivity contribution is 6.18. The molecule has 0 aromatic carbocycles. The molecule has 0 radical (unpaired) electrons. The molecule has 3 nitrogen and oxygen atoms in total. The third-order valence-electron chi connectivity index (χ3n) is 4.46. The molecule has 3 atom stereocenters. The number of halogens is 1. The van der Waals surface area contributed by atoms with E-state index in [0.29, 0.717) is 6.10 Å². The summed E-state index contributed by atoms with van der Waals surface area (Å²) < 4.78 is 5.80. The van der Waals surface area contributed by atoms with E-state index in [0.717, 1.165) is 57.0 Å². The minimum Gasteiger partial charge on any atom is -0.374 e. The molecule has 1 aliphatic heterocycles. The molecule has 1 N–H and O–H groups in total. The molecule has 0 amide bonds. The molecule has 0 spiro atoms. The van der Waals surface area contributed by atoms with Crippen molar-refractivity contribution in [2.75, 3.05) is 45.2 Å². The van der Waals surface area contributed by atoms with Gasteiger partial charge in [0.05, 0.1) is 12.7 Å². The van der Waals surface area contributed by atoms with E-state index in [1.807, 2.05) is 0 Å². The average molecular weight is 275 g/mol. The molecule has 0 aromatic heterocycles. The van der Waals surface area contributed by atoms with Gasteiger partial charge >= 0.3 is 0 Å². The third-order valence-corrected chi connectivity index (χ3v) is 4.86. The number of nitrogens with zero attached hydrogens (tertiary/aromatic N) is 1. The van der Waals surface area contributed by atoms with Gasteiger partial charge in [0.2, 0.25) is 0 Å². The van der Waals surface area contributed by atoms with Gasteiger partial charge in [0, 0.05) is 25.5 Å². The van der Waals surface area contributed by atoms with Gasteiger partial charge in [-0.1, -0.05) is 13.3 Å². The van der Waals surface area contributed by atoms with Crippen molar-refractivity contribution < 1.29 is 4.74 Å². The first-order chi connectivity index (χ1) is 8.83. The van der Waals surface area contributed by atoms with E-state index in [2.05, 4.69) is 17.1 Å². The Kier molecular flexibility index (Phi) is 6.22. The Morgan fingerprint density at radius 1 is 1.28 bits per heavy atom. The van der Waals surface area contributed by atoms with Crippen molar-refractivity contribution in [3.8, 4) is 0 Å². The molecule has 18 heavy (non-hydrogen) atoms. The van der Waals surface area contributed by atoms with E-state index in [9.17, 15) is 0 Å². The van der Waals surface area contributed by atoms with E-state index in [1.165, 1.54) is 19.3 Å². The molecule has 3 unspecified atom stereocenters. The zero-order valence-electron chi connectivity index (χ0n) is 11.5. The zero-order valence-corrected chi connectivity index (χ0v) is 12.3. The lowest BCUT2D eigenvalue weighted by molar-refractivity contribution is -0.0256. The Balaban J connectivity index is 1.62. The number of hydrogen-bond acceptors (Lipinski definition) is 3. The number of morpholine rings is 1. The fraction of sp³-hybridized carbons (Fsp3) is 1.00. The van der Waals surface area contributed by atoms with Gasteiger partial charge in [-0.2, -0.15) is 0 Å². The van der Waals surface area contributed by atoms with E-state index in [-0.39, 0.29) is 0 Å². The van der Waals surface area contributed by atoms with Crippen LogP contribution in [-0.2, 0) is 4.74 Å². The van der Waals surface area contributed by atoms with Crippen LogP contribution in [0.4, 0.5) is 0 Å². The summed E-state index contributed by atoms with van der Waals surface area (Å²) in [7, 11) is 0. The maximum absolute atomic E-state index is 6.01. The monoisotopic (exact) mass is 274 g/mol. The van der Waals surface area contributed by atoms with Crippen LogP contribution >= 0.6 is 11.6 Å². The summed E-state index contributed by atoms with van der Waals surface area (Å²) in [6.45, 7) is 8.51. The Labute approximate surface area is 116 Å². The predicted octanol–water partition coefficient (Wildman–Crippen LogP) is 1.95. The van der Waals surface area contributed by atoms with Gasteiger partial charge in [-0.25, -0.2) is 0 Å². The second kappa shape index (κ2) is 7.68. The highest BCUT2D eigenvalue weighted by Gasteiger charge is 2.26. The second-order valence-electron chi connectivity index (χ2n) is 5.65. The maximum Gasteiger partial charge on any atom is 0.0826 e. The molecule has 2 fully saturated rings. The van der Waals surface area contributed by atoms with Gasteiger partial charge in [0.15, 0.2) is 0 Å². The minimum absolute atomic E-state index is 0.370. The predicted molar refractivity (Wildman–Crippen MR) is 76.3 cm³/mol. The van der Waals surface area contributed by atoms with Crippen molar-refractivity contribution in [1.82, 2.24) is 10.2 Å². The molecule has 1 saturated carbocycles. The van der Waals surface area contributed by atoms with Crippen LogP contribution in [-0.4, -0.2) is 56.2 Å². The number of ether oxygens (including phenoxy) is 1. The summed E-state index contributed by atoms with van der Waals surface area (Å²) in [5, 5.41) is 3.60. The maximum atomic E-state index is 6.01. The molecular formula is C14H27ClN2O. The van der Waals surface area contributed by atoms with Gasteiger partial charge in [-0.3, -0.25) is 4.90 Å². The molecule has 1 aliphatic carbocycles. The standard InChI is InChI=1S/C14H27ClN2O/c1-2-17-6-7-18-14(11-17)10-16-9-13-5-3-4-12(13)8-15/h12-14,16H,2-11H2,1H3. The van der Waals surface area contributed by atoms with Crippen LogP contribution in [0.15, 0.2) is 0 Å². The number of nitrogens with one attached hydrogen (secondary N) is 1. The lowest BCUT2D eigenvalue weighted by atomic mass is 9.98. The molecule has 0 aromatic rings. The second-order valence-corrected chi connectivity index (χ2v) is 5.96. The summed E-state index contributed by atoms with van der Waals surface area (Å²) in [6, 6.07) is 0. The largest absolute Gasteiger partial charge is 0.374 e. The average Bonchev–Trinajstić information content (AvgIpc) is 2.86. The van der Waals surface area contributed by atoms with Crippen LogP contribution in [0.1, 0.15) is 26.2 Å². The van der Waals surface area contributed by atoms with Crippen LogP contribution in [0.2, 0.25) is 0 Å². The Morgan fingerprint density at radius 2 is 2.11 bits per heavy atom. The fourth-order valence-electron chi connectivity index (χ4n) is 3.21. The van der Waals surface area contributed by atoms with Crippen molar-refractivity contribution in [1.29, 1.82) is 0 Å². The van der Waals surface area contributed by atoms with Crippen molar-refractivity contribution in [3.63, 3.8) is 0 Å². The normalized spacial score (nSPS) is 34.0. The Morgan fingerprint density at radius 3 is 2.89 bits per heavy atom. The van der Waals surface area contributed by atoms with Crippen molar-refractivity contribution in [2.45, 2.75) is 32.3 Å². The van der Waals surface area contributed by atoms with Crippen LogP contribution < -0.4 is 5.32 Å². The molecule has 1 heterocycles. The Bertz CT molecular complexity index is 240. The number of rotatable bonds is 6. The smallest absolute Gasteiger partial charge is 0.0826 e. The zero-order chi connectivity index (χ0) is 12.8. The highest BCUT2D eigenvalue weighted by Crippen LogP contribution is 2.31. The van der Waals surface area contributed by atoms with Crippen LogP contribution in [0, 0.1) is 11.8 Å². The number of alkyl halides is 1. The number of likely N-dealkylation sites (N-methyl/N-ethyl adjacent to an activating group) is 1. The molecule has 4 heteroatoms. The van der Waals surface area contributed by atoms with Gasteiger partial charge in [0.1, 0.15) is 0 Å². The Hall–Kier alpha value is 0.170. The summed E-state index contributed by atoms with van der Waals surface area (Å²) in [6.07, 6.45) is 4.39. The van der Waals surface area contributed by atoms with E-state index in [4.69, 9.17) is 16.3 Å². The first kappa shape index (κ1) is 14.6. The molecule has 2 rings (SSSR count). The third kappa shape index (κ3) is 4.09. The SMILES string of the molecule is CCN1CCOC(CNCC2CCCC2CCl)C1. The quantitative estimate of drug-likeness (QED) is 0.750. The van der Waals surface area contributed by atoms with E-state index in [1.54, 1.807) is 0 Å². The van der Waals surface area contributed by atoms with Crippen LogP contribution in [0.25, 0.3) is 0 Å².